The van der Waals surface area contributed by atoms with Crippen LogP contribution in [0.2, 0.25) is 0 Å². The van der Waals surface area contributed by atoms with E-state index in [1.54, 1.807) is 0 Å². The van der Waals surface area contributed by atoms with Crippen LogP contribution >= 0.6 is 0 Å². The molecule has 18 heavy (non-hydrogen) atoms. The van der Waals surface area contributed by atoms with Crippen LogP contribution in [0.5, 0.6) is 5.75 Å². The van der Waals surface area contributed by atoms with Crippen LogP contribution < -0.4 is 15.4 Å². The molecule has 4 nitrogen and oxygen atoms in total. The van der Waals surface area contributed by atoms with E-state index in [0.29, 0.717) is 6.61 Å². The van der Waals surface area contributed by atoms with Gasteiger partial charge in [0.25, 0.3) is 0 Å². The Bertz CT molecular complexity index is 441. The average Bonchev–Trinajstić information content (AvgIpc) is 2.84. The summed E-state index contributed by atoms with van der Waals surface area (Å²) < 4.78 is 5.54. The quantitative estimate of drug-likeness (QED) is 0.819. The number of fused-ring (bicyclic) bond motifs is 1. The van der Waals surface area contributed by atoms with Gasteiger partial charge in [0.15, 0.2) is 0 Å². The second kappa shape index (κ2) is 4.98. The number of rotatable bonds is 2. The fourth-order valence-electron chi connectivity index (χ4n) is 2.66. The number of ether oxygens (including phenoxy) is 1. The van der Waals surface area contributed by atoms with Crippen molar-refractivity contribution in [1.82, 2.24) is 10.6 Å². The van der Waals surface area contributed by atoms with Crippen LogP contribution in [0.15, 0.2) is 24.3 Å². The molecule has 3 rings (SSSR count). The van der Waals surface area contributed by atoms with Crippen LogP contribution in [-0.2, 0) is 4.79 Å². The van der Waals surface area contributed by atoms with Gasteiger partial charge in [-0.05, 0) is 25.5 Å². The molecule has 2 atom stereocenters. The van der Waals surface area contributed by atoms with E-state index >= 15 is 0 Å². The number of carbonyl (C=O) groups is 1. The van der Waals surface area contributed by atoms with E-state index in [9.17, 15) is 4.79 Å². The zero-order chi connectivity index (χ0) is 12.4. The van der Waals surface area contributed by atoms with Crippen molar-refractivity contribution in [3.8, 4) is 5.75 Å². The van der Waals surface area contributed by atoms with Crippen LogP contribution in [-0.4, -0.2) is 31.6 Å². The Morgan fingerprint density at radius 3 is 3.11 bits per heavy atom. The SMILES string of the molecule is O=C(N[C@@H]1CCCNC1)C1COc2ccccc21. The van der Waals surface area contributed by atoms with Gasteiger partial charge >= 0.3 is 0 Å². The maximum absolute atomic E-state index is 12.3. The summed E-state index contributed by atoms with van der Waals surface area (Å²) in [7, 11) is 0. The number of benzene rings is 1. The van der Waals surface area contributed by atoms with Crippen molar-refractivity contribution < 1.29 is 9.53 Å². The van der Waals surface area contributed by atoms with E-state index in [1.165, 1.54) is 0 Å². The molecule has 2 aliphatic heterocycles. The first-order valence-electron chi connectivity index (χ1n) is 6.57. The highest BCUT2D eigenvalue weighted by Gasteiger charge is 2.31. The molecule has 0 aliphatic carbocycles. The van der Waals surface area contributed by atoms with E-state index in [4.69, 9.17) is 4.74 Å². The van der Waals surface area contributed by atoms with Crippen molar-refractivity contribution in [2.75, 3.05) is 19.7 Å². The summed E-state index contributed by atoms with van der Waals surface area (Å²) in [5, 5.41) is 6.42. The standard InChI is InChI=1S/C14H18N2O2/c17-14(16-10-4-3-7-15-8-10)12-9-18-13-6-2-1-5-11(12)13/h1-2,5-6,10,12,15H,3-4,7-9H2,(H,16,17)/t10-,12?/m1/s1. The molecule has 0 radical (unpaired) electrons. The number of carbonyl (C=O) groups excluding carboxylic acids is 1. The smallest absolute Gasteiger partial charge is 0.231 e. The summed E-state index contributed by atoms with van der Waals surface area (Å²) in [5.41, 5.74) is 1.01. The van der Waals surface area contributed by atoms with E-state index in [1.807, 2.05) is 24.3 Å². The average molecular weight is 246 g/mol. The number of hydrogen-bond donors (Lipinski definition) is 2. The molecule has 0 aromatic heterocycles. The molecule has 96 valence electrons. The molecule has 1 fully saturated rings. The highest BCUT2D eigenvalue weighted by molar-refractivity contribution is 5.85. The van der Waals surface area contributed by atoms with Crippen molar-refractivity contribution in [3.05, 3.63) is 29.8 Å². The zero-order valence-corrected chi connectivity index (χ0v) is 10.3. The second-order valence-corrected chi connectivity index (χ2v) is 4.95. The number of piperidine rings is 1. The Kier molecular flexibility index (Phi) is 3.19. The normalized spacial score (nSPS) is 26.2. The third kappa shape index (κ3) is 2.20. The van der Waals surface area contributed by atoms with Gasteiger partial charge in [-0.3, -0.25) is 4.79 Å². The fraction of sp³-hybridized carbons (Fsp3) is 0.500. The van der Waals surface area contributed by atoms with Gasteiger partial charge in [0.2, 0.25) is 5.91 Å². The maximum atomic E-state index is 12.3. The first-order chi connectivity index (χ1) is 8.84. The number of para-hydroxylation sites is 1. The lowest BCUT2D eigenvalue weighted by Crippen LogP contribution is -2.47. The van der Waals surface area contributed by atoms with Crippen molar-refractivity contribution in [2.45, 2.75) is 24.8 Å². The summed E-state index contributed by atoms with van der Waals surface area (Å²) >= 11 is 0. The van der Waals surface area contributed by atoms with Crippen LogP contribution in [0.1, 0.15) is 24.3 Å². The molecule has 0 spiro atoms. The monoisotopic (exact) mass is 246 g/mol. The maximum Gasteiger partial charge on any atom is 0.231 e. The van der Waals surface area contributed by atoms with Gasteiger partial charge in [-0.2, -0.15) is 0 Å². The lowest BCUT2D eigenvalue weighted by molar-refractivity contribution is -0.123. The van der Waals surface area contributed by atoms with Crippen LogP contribution in [0, 0.1) is 0 Å². The van der Waals surface area contributed by atoms with E-state index in [-0.39, 0.29) is 17.9 Å². The predicted octanol–water partition coefficient (Wildman–Crippen LogP) is 1.03. The first-order valence-corrected chi connectivity index (χ1v) is 6.57. The second-order valence-electron chi connectivity index (χ2n) is 4.95. The molecule has 2 N–H and O–H groups in total. The van der Waals surface area contributed by atoms with Gasteiger partial charge in [0.1, 0.15) is 18.3 Å². The minimum atomic E-state index is -0.150. The van der Waals surface area contributed by atoms with Crippen LogP contribution in [0.3, 0.4) is 0 Å². The Labute approximate surface area is 107 Å². The van der Waals surface area contributed by atoms with Gasteiger partial charge in [0, 0.05) is 18.2 Å². The number of hydrogen-bond acceptors (Lipinski definition) is 3. The van der Waals surface area contributed by atoms with Crippen molar-refractivity contribution >= 4 is 5.91 Å². The summed E-state index contributed by atoms with van der Waals surface area (Å²) in [4.78, 5) is 12.3. The summed E-state index contributed by atoms with van der Waals surface area (Å²) in [6.45, 7) is 2.40. The molecule has 4 heteroatoms. The summed E-state index contributed by atoms with van der Waals surface area (Å²) in [6.07, 6.45) is 2.19. The largest absolute Gasteiger partial charge is 0.492 e. The summed E-state index contributed by atoms with van der Waals surface area (Å²) in [6, 6.07) is 8.05. The Balaban J connectivity index is 1.67. The number of nitrogens with one attached hydrogen (secondary N) is 2. The molecule has 1 aromatic rings. The van der Waals surface area contributed by atoms with Gasteiger partial charge in [-0.15, -0.1) is 0 Å². The first kappa shape index (κ1) is 11.5. The highest BCUT2D eigenvalue weighted by atomic mass is 16.5. The highest BCUT2D eigenvalue weighted by Crippen LogP contribution is 2.33. The van der Waals surface area contributed by atoms with E-state index < -0.39 is 0 Å². The molecule has 1 aromatic carbocycles. The van der Waals surface area contributed by atoms with Crippen molar-refractivity contribution in [1.29, 1.82) is 0 Å². The Morgan fingerprint density at radius 1 is 1.39 bits per heavy atom. The van der Waals surface area contributed by atoms with Crippen molar-refractivity contribution in [2.24, 2.45) is 0 Å². The van der Waals surface area contributed by atoms with Gasteiger partial charge in [0.05, 0.1) is 0 Å². The summed E-state index contributed by atoms with van der Waals surface area (Å²) in [5.74, 6) is 0.788. The molecule has 0 bridgehead atoms. The Morgan fingerprint density at radius 2 is 2.28 bits per heavy atom. The van der Waals surface area contributed by atoms with Crippen molar-refractivity contribution in [3.63, 3.8) is 0 Å². The third-order valence-electron chi connectivity index (χ3n) is 3.66. The van der Waals surface area contributed by atoms with Gasteiger partial charge < -0.3 is 15.4 Å². The lowest BCUT2D eigenvalue weighted by Gasteiger charge is -2.25. The predicted molar refractivity (Wildman–Crippen MR) is 68.7 cm³/mol. The van der Waals surface area contributed by atoms with Crippen LogP contribution in [0.25, 0.3) is 0 Å². The molecule has 2 aliphatic rings. The lowest BCUT2D eigenvalue weighted by atomic mass is 9.99. The molecular weight excluding hydrogens is 228 g/mol. The molecule has 2 heterocycles. The molecule has 1 unspecified atom stereocenters. The van der Waals surface area contributed by atoms with Crippen LogP contribution in [0.4, 0.5) is 0 Å². The fourth-order valence-corrected chi connectivity index (χ4v) is 2.66. The number of amides is 1. The molecular formula is C14H18N2O2. The van der Waals surface area contributed by atoms with Gasteiger partial charge in [-0.1, -0.05) is 18.2 Å². The minimum absolute atomic E-state index is 0.0913. The Hall–Kier alpha value is -1.55. The van der Waals surface area contributed by atoms with E-state index in [2.05, 4.69) is 10.6 Å². The van der Waals surface area contributed by atoms with E-state index in [0.717, 1.165) is 37.2 Å². The van der Waals surface area contributed by atoms with Gasteiger partial charge in [-0.25, -0.2) is 0 Å². The minimum Gasteiger partial charge on any atom is -0.492 e. The topological polar surface area (TPSA) is 50.4 Å². The molecule has 1 saturated heterocycles. The molecule has 0 saturated carbocycles. The third-order valence-corrected chi connectivity index (χ3v) is 3.66. The molecule has 1 amide bonds. The zero-order valence-electron chi connectivity index (χ0n) is 10.3.